The van der Waals surface area contributed by atoms with Gasteiger partial charge in [0, 0.05) is 19.2 Å². The lowest BCUT2D eigenvalue weighted by Gasteiger charge is -2.31. The predicted octanol–water partition coefficient (Wildman–Crippen LogP) is 1.85. The molecular formula is C14H23N3O3. The number of carbonyl (C=O) groups excluding carboxylic acids is 1. The summed E-state index contributed by atoms with van der Waals surface area (Å²) in [4.78, 5) is 14.1. The molecule has 0 bridgehead atoms. The van der Waals surface area contributed by atoms with Crippen molar-refractivity contribution in [2.45, 2.75) is 39.2 Å². The first-order chi connectivity index (χ1) is 9.58. The molecule has 20 heavy (non-hydrogen) atoms. The van der Waals surface area contributed by atoms with E-state index in [1.54, 1.807) is 6.07 Å². The van der Waals surface area contributed by atoms with E-state index in [2.05, 4.69) is 22.3 Å². The van der Waals surface area contributed by atoms with E-state index in [4.69, 9.17) is 9.26 Å². The second-order valence-electron chi connectivity index (χ2n) is 5.46. The minimum Gasteiger partial charge on any atom is -0.376 e. The Hall–Kier alpha value is -1.40. The maximum atomic E-state index is 12.0. The Balaban J connectivity index is 1.82. The molecule has 1 saturated heterocycles. The van der Waals surface area contributed by atoms with Crippen LogP contribution in [0.5, 0.6) is 0 Å². The molecule has 1 aliphatic heterocycles. The summed E-state index contributed by atoms with van der Waals surface area (Å²) in [6, 6.07) is 1.77. The Labute approximate surface area is 119 Å². The molecule has 1 aromatic rings. The molecule has 1 atom stereocenters. The van der Waals surface area contributed by atoms with Gasteiger partial charge in [0.15, 0.2) is 0 Å². The smallest absolute Gasteiger partial charge is 0.240 e. The van der Waals surface area contributed by atoms with Crippen LogP contribution < -0.4 is 5.32 Å². The fourth-order valence-electron chi connectivity index (χ4n) is 2.17. The minimum absolute atomic E-state index is 0.0757. The van der Waals surface area contributed by atoms with Crippen LogP contribution in [0.2, 0.25) is 0 Å². The monoisotopic (exact) mass is 281 g/mol. The lowest BCUT2D eigenvalue weighted by molar-refractivity contribution is -0.119. The third-order valence-corrected chi connectivity index (χ3v) is 3.43. The number of aromatic nitrogens is 1. The fourth-order valence-corrected chi connectivity index (χ4v) is 2.17. The third kappa shape index (κ3) is 4.05. The molecule has 1 fully saturated rings. The van der Waals surface area contributed by atoms with Crippen LogP contribution in [-0.2, 0) is 9.53 Å². The SMILES string of the molecule is CC[C@H]1CN(CC(=O)Nc2cc(C(C)C)no2)CCO1. The van der Waals surface area contributed by atoms with E-state index in [1.165, 1.54) is 0 Å². The Morgan fingerprint density at radius 2 is 2.40 bits per heavy atom. The highest BCUT2D eigenvalue weighted by atomic mass is 16.5. The van der Waals surface area contributed by atoms with Crippen molar-refractivity contribution < 1.29 is 14.1 Å². The van der Waals surface area contributed by atoms with Crippen LogP contribution in [0.1, 0.15) is 38.8 Å². The number of rotatable bonds is 5. The van der Waals surface area contributed by atoms with Gasteiger partial charge in [-0.05, 0) is 12.3 Å². The first-order valence-corrected chi connectivity index (χ1v) is 7.19. The zero-order valence-electron chi connectivity index (χ0n) is 12.4. The summed E-state index contributed by atoms with van der Waals surface area (Å²) in [6.45, 7) is 8.79. The molecule has 1 amide bonds. The van der Waals surface area contributed by atoms with E-state index in [0.29, 0.717) is 19.0 Å². The summed E-state index contributed by atoms with van der Waals surface area (Å²) in [7, 11) is 0. The van der Waals surface area contributed by atoms with Crippen molar-refractivity contribution in [2.24, 2.45) is 0 Å². The number of nitrogens with zero attached hydrogens (tertiary/aromatic N) is 2. The van der Waals surface area contributed by atoms with E-state index >= 15 is 0 Å². The molecule has 6 nitrogen and oxygen atoms in total. The van der Waals surface area contributed by atoms with Gasteiger partial charge in [-0.25, -0.2) is 0 Å². The van der Waals surface area contributed by atoms with Gasteiger partial charge in [-0.3, -0.25) is 15.0 Å². The number of nitrogens with one attached hydrogen (secondary N) is 1. The first-order valence-electron chi connectivity index (χ1n) is 7.19. The summed E-state index contributed by atoms with van der Waals surface area (Å²) < 4.78 is 10.7. The second-order valence-corrected chi connectivity index (χ2v) is 5.46. The number of anilines is 1. The summed E-state index contributed by atoms with van der Waals surface area (Å²) in [5.41, 5.74) is 0.845. The molecule has 0 spiro atoms. The van der Waals surface area contributed by atoms with E-state index in [-0.39, 0.29) is 17.9 Å². The van der Waals surface area contributed by atoms with Gasteiger partial charge >= 0.3 is 0 Å². The number of ether oxygens (including phenoxy) is 1. The van der Waals surface area contributed by atoms with Gasteiger partial charge in [0.25, 0.3) is 0 Å². The molecule has 2 rings (SSSR count). The van der Waals surface area contributed by atoms with Gasteiger partial charge in [0.1, 0.15) is 0 Å². The molecule has 0 aliphatic carbocycles. The Morgan fingerprint density at radius 3 is 3.05 bits per heavy atom. The highest BCUT2D eigenvalue weighted by Gasteiger charge is 2.21. The van der Waals surface area contributed by atoms with Gasteiger partial charge in [0.05, 0.1) is 24.9 Å². The number of carbonyl (C=O) groups is 1. The third-order valence-electron chi connectivity index (χ3n) is 3.43. The van der Waals surface area contributed by atoms with Crippen molar-refractivity contribution in [3.8, 4) is 0 Å². The largest absolute Gasteiger partial charge is 0.376 e. The maximum Gasteiger partial charge on any atom is 0.240 e. The van der Waals surface area contributed by atoms with Crippen molar-refractivity contribution >= 4 is 11.8 Å². The highest BCUT2D eigenvalue weighted by Crippen LogP contribution is 2.17. The highest BCUT2D eigenvalue weighted by molar-refractivity contribution is 5.90. The van der Waals surface area contributed by atoms with Crippen LogP contribution >= 0.6 is 0 Å². The van der Waals surface area contributed by atoms with Gasteiger partial charge < -0.3 is 9.26 Å². The normalized spacial score (nSPS) is 20.3. The number of amides is 1. The fraction of sp³-hybridized carbons (Fsp3) is 0.714. The number of morpholine rings is 1. The Kier molecular flexibility index (Phi) is 5.14. The summed E-state index contributed by atoms with van der Waals surface area (Å²) in [6.07, 6.45) is 1.20. The molecule has 0 aromatic carbocycles. The van der Waals surface area contributed by atoms with Crippen molar-refractivity contribution in [2.75, 3.05) is 31.6 Å². The standard InChI is InChI=1S/C14H23N3O3/c1-4-11-8-17(5-6-19-11)9-13(18)15-14-7-12(10(2)3)16-20-14/h7,10-11H,4-6,8-9H2,1-3H3,(H,15,18)/t11-/m0/s1. The maximum absolute atomic E-state index is 12.0. The molecule has 1 N–H and O–H groups in total. The van der Waals surface area contributed by atoms with Crippen molar-refractivity contribution in [3.05, 3.63) is 11.8 Å². The molecule has 2 heterocycles. The lowest BCUT2D eigenvalue weighted by Crippen LogP contribution is -2.45. The molecule has 1 aliphatic rings. The lowest BCUT2D eigenvalue weighted by atomic mass is 10.1. The minimum atomic E-state index is -0.0757. The van der Waals surface area contributed by atoms with Crippen LogP contribution in [0.15, 0.2) is 10.6 Å². The van der Waals surface area contributed by atoms with Crippen molar-refractivity contribution in [1.82, 2.24) is 10.1 Å². The zero-order valence-corrected chi connectivity index (χ0v) is 12.4. The van der Waals surface area contributed by atoms with Crippen molar-refractivity contribution in [1.29, 1.82) is 0 Å². The molecule has 1 aromatic heterocycles. The van der Waals surface area contributed by atoms with E-state index < -0.39 is 0 Å². The van der Waals surface area contributed by atoms with Crippen LogP contribution in [0.4, 0.5) is 5.88 Å². The van der Waals surface area contributed by atoms with Gasteiger partial charge in [-0.15, -0.1) is 0 Å². The second kappa shape index (κ2) is 6.85. The summed E-state index contributed by atoms with van der Waals surface area (Å²) in [5.74, 6) is 0.626. The molecule has 6 heteroatoms. The molecule has 112 valence electrons. The zero-order chi connectivity index (χ0) is 14.5. The van der Waals surface area contributed by atoms with Gasteiger partial charge in [-0.1, -0.05) is 25.9 Å². The average molecular weight is 281 g/mol. The molecular weight excluding hydrogens is 258 g/mol. The average Bonchev–Trinajstić information content (AvgIpc) is 2.87. The predicted molar refractivity (Wildman–Crippen MR) is 75.7 cm³/mol. The van der Waals surface area contributed by atoms with Crippen LogP contribution in [0.25, 0.3) is 0 Å². The summed E-state index contributed by atoms with van der Waals surface area (Å²) in [5, 5.41) is 6.66. The van der Waals surface area contributed by atoms with Crippen LogP contribution in [-0.4, -0.2) is 48.3 Å². The van der Waals surface area contributed by atoms with Gasteiger partial charge in [0.2, 0.25) is 11.8 Å². The number of hydrogen-bond donors (Lipinski definition) is 1. The Morgan fingerprint density at radius 1 is 1.60 bits per heavy atom. The van der Waals surface area contributed by atoms with Crippen LogP contribution in [0, 0.1) is 0 Å². The van der Waals surface area contributed by atoms with Gasteiger partial charge in [-0.2, -0.15) is 0 Å². The van der Waals surface area contributed by atoms with Crippen molar-refractivity contribution in [3.63, 3.8) is 0 Å². The molecule has 0 radical (unpaired) electrons. The quantitative estimate of drug-likeness (QED) is 0.892. The first kappa shape index (κ1) is 15.0. The topological polar surface area (TPSA) is 67.6 Å². The number of hydrogen-bond acceptors (Lipinski definition) is 5. The summed E-state index contributed by atoms with van der Waals surface area (Å²) >= 11 is 0. The van der Waals surface area contributed by atoms with E-state index in [0.717, 1.165) is 25.2 Å². The van der Waals surface area contributed by atoms with E-state index in [1.807, 2.05) is 13.8 Å². The Bertz CT molecular complexity index is 445. The van der Waals surface area contributed by atoms with E-state index in [9.17, 15) is 4.79 Å². The molecule has 0 unspecified atom stereocenters. The molecule has 0 saturated carbocycles. The van der Waals surface area contributed by atoms with Crippen LogP contribution in [0.3, 0.4) is 0 Å².